The molecule has 0 spiro atoms. The number of nitrogens with zero attached hydrogens (tertiary/aromatic N) is 3. The predicted molar refractivity (Wildman–Crippen MR) is 88.5 cm³/mol. The van der Waals surface area contributed by atoms with Crippen molar-refractivity contribution in [3.8, 4) is 11.4 Å². The van der Waals surface area contributed by atoms with E-state index < -0.39 is 0 Å². The summed E-state index contributed by atoms with van der Waals surface area (Å²) in [7, 11) is 0. The quantitative estimate of drug-likeness (QED) is 0.912. The van der Waals surface area contributed by atoms with Gasteiger partial charge >= 0.3 is 0 Å². The fraction of sp³-hybridized carbons (Fsp3) is 0.529. The molecule has 0 unspecified atom stereocenters. The molecule has 24 heavy (non-hydrogen) atoms. The minimum atomic E-state index is -0.149. The second-order valence-corrected chi connectivity index (χ2v) is 7.13. The molecule has 1 aromatic carbocycles. The summed E-state index contributed by atoms with van der Waals surface area (Å²) in [5.41, 5.74) is 0.619. The molecule has 0 saturated carbocycles. The molecular weight excluding hydrogens is 330 g/mol. The average Bonchev–Trinajstić information content (AvgIpc) is 3.20. The van der Waals surface area contributed by atoms with E-state index in [4.69, 9.17) is 20.9 Å². The molecule has 2 aromatic rings. The van der Waals surface area contributed by atoms with Crippen LogP contribution in [0.4, 0.5) is 0 Å². The summed E-state index contributed by atoms with van der Waals surface area (Å²) in [6, 6.07) is 7.45. The summed E-state index contributed by atoms with van der Waals surface area (Å²) in [4.78, 5) is 6.74. The van der Waals surface area contributed by atoms with Gasteiger partial charge in [-0.2, -0.15) is 4.98 Å². The molecule has 0 bridgehead atoms. The zero-order valence-electron chi connectivity index (χ0n) is 13.3. The van der Waals surface area contributed by atoms with E-state index in [-0.39, 0.29) is 12.0 Å². The average molecular weight is 350 g/mol. The monoisotopic (exact) mass is 349 g/mol. The van der Waals surface area contributed by atoms with Crippen molar-refractivity contribution in [3.63, 3.8) is 0 Å². The topological polar surface area (TPSA) is 71.6 Å². The van der Waals surface area contributed by atoms with Gasteiger partial charge in [-0.25, -0.2) is 0 Å². The normalized spacial score (nSPS) is 27.3. The highest BCUT2D eigenvalue weighted by Crippen LogP contribution is 2.41. The first-order valence-electron chi connectivity index (χ1n) is 8.19. The number of ether oxygens (including phenoxy) is 1. The highest BCUT2D eigenvalue weighted by Gasteiger charge is 2.48. The Morgan fingerprint density at radius 1 is 1.38 bits per heavy atom. The maximum atomic E-state index is 9.85. The number of halogens is 1. The third-order valence-corrected chi connectivity index (χ3v) is 5.47. The van der Waals surface area contributed by atoms with Gasteiger partial charge in [0.25, 0.3) is 0 Å². The molecule has 2 aliphatic heterocycles. The van der Waals surface area contributed by atoms with Crippen molar-refractivity contribution < 1.29 is 14.4 Å². The lowest BCUT2D eigenvalue weighted by molar-refractivity contribution is -0.0562. The lowest BCUT2D eigenvalue weighted by atomic mass is 9.76. The van der Waals surface area contributed by atoms with Crippen molar-refractivity contribution in [1.82, 2.24) is 15.0 Å². The van der Waals surface area contributed by atoms with Crippen molar-refractivity contribution in [1.29, 1.82) is 0 Å². The zero-order valence-corrected chi connectivity index (χ0v) is 14.1. The summed E-state index contributed by atoms with van der Waals surface area (Å²) >= 11 is 6.18. The van der Waals surface area contributed by atoms with Crippen molar-refractivity contribution in [3.05, 3.63) is 35.2 Å². The summed E-state index contributed by atoms with van der Waals surface area (Å²) < 4.78 is 11.0. The van der Waals surface area contributed by atoms with Gasteiger partial charge in [-0.15, -0.1) is 0 Å². The number of fused-ring (bicyclic) bond motifs is 1. The molecule has 2 fully saturated rings. The fourth-order valence-electron chi connectivity index (χ4n) is 3.81. The van der Waals surface area contributed by atoms with Gasteiger partial charge in [0.15, 0.2) is 0 Å². The maximum Gasteiger partial charge on any atom is 0.241 e. The zero-order chi connectivity index (χ0) is 16.6. The number of hydrogen-bond acceptors (Lipinski definition) is 6. The third-order valence-electron chi connectivity index (χ3n) is 5.14. The third kappa shape index (κ3) is 2.84. The van der Waals surface area contributed by atoms with E-state index in [1.165, 1.54) is 0 Å². The Bertz CT molecular complexity index is 723. The van der Waals surface area contributed by atoms with Gasteiger partial charge in [-0.3, -0.25) is 4.90 Å². The van der Waals surface area contributed by atoms with E-state index in [0.29, 0.717) is 35.8 Å². The van der Waals surface area contributed by atoms with Crippen LogP contribution in [0.1, 0.15) is 12.3 Å². The molecule has 1 N–H and O–H groups in total. The van der Waals surface area contributed by atoms with Crippen LogP contribution in [0.25, 0.3) is 11.4 Å². The second kappa shape index (κ2) is 6.44. The molecule has 3 heterocycles. The molecule has 0 amide bonds. The first-order valence-corrected chi connectivity index (χ1v) is 8.56. The van der Waals surface area contributed by atoms with Crippen LogP contribution in [0.2, 0.25) is 5.02 Å². The van der Waals surface area contributed by atoms with Crippen molar-refractivity contribution in [2.75, 3.05) is 32.9 Å². The minimum absolute atomic E-state index is 0.149. The van der Waals surface area contributed by atoms with Crippen LogP contribution in [0.3, 0.4) is 0 Å². The number of likely N-dealkylation sites (tertiary alicyclic amines) is 1. The molecule has 1 aromatic heterocycles. The Morgan fingerprint density at radius 2 is 2.25 bits per heavy atom. The SMILES string of the molecule is OC[C@]12COCC[C@H]1CN(Cc1nc(-c3ccccc3Cl)no1)C2. The first kappa shape index (κ1) is 16.0. The number of rotatable bonds is 4. The van der Waals surface area contributed by atoms with E-state index in [9.17, 15) is 5.11 Å². The lowest BCUT2D eigenvalue weighted by Gasteiger charge is -2.36. The molecule has 2 saturated heterocycles. The molecular formula is C17H20ClN3O3. The Morgan fingerprint density at radius 3 is 3.04 bits per heavy atom. The number of aliphatic hydroxyl groups is 1. The van der Waals surface area contributed by atoms with Crippen molar-refractivity contribution >= 4 is 11.6 Å². The van der Waals surface area contributed by atoms with Gasteiger partial charge in [-0.05, 0) is 24.5 Å². The molecule has 0 radical (unpaired) electrons. The van der Waals surface area contributed by atoms with E-state index in [0.717, 1.165) is 31.7 Å². The van der Waals surface area contributed by atoms with Crippen LogP contribution in [0.5, 0.6) is 0 Å². The Labute approximate surface area is 145 Å². The van der Waals surface area contributed by atoms with Crippen LogP contribution >= 0.6 is 11.6 Å². The summed E-state index contributed by atoms with van der Waals surface area (Å²) in [5, 5.41) is 14.5. The van der Waals surface area contributed by atoms with E-state index in [1.54, 1.807) is 0 Å². The fourth-order valence-corrected chi connectivity index (χ4v) is 4.03. The lowest BCUT2D eigenvalue weighted by Crippen LogP contribution is -2.42. The van der Waals surface area contributed by atoms with Gasteiger partial charge < -0.3 is 14.4 Å². The predicted octanol–water partition coefficient (Wildman–Crippen LogP) is 2.22. The van der Waals surface area contributed by atoms with Crippen LogP contribution in [0.15, 0.2) is 28.8 Å². The van der Waals surface area contributed by atoms with Crippen LogP contribution in [0, 0.1) is 11.3 Å². The van der Waals surface area contributed by atoms with Gasteiger partial charge in [0.05, 0.1) is 24.8 Å². The van der Waals surface area contributed by atoms with Gasteiger partial charge in [0, 0.05) is 30.7 Å². The van der Waals surface area contributed by atoms with E-state index >= 15 is 0 Å². The number of hydrogen-bond donors (Lipinski definition) is 1. The molecule has 2 atom stereocenters. The maximum absolute atomic E-state index is 9.85. The van der Waals surface area contributed by atoms with Gasteiger partial charge in [0.1, 0.15) is 0 Å². The summed E-state index contributed by atoms with van der Waals surface area (Å²) in [5.74, 6) is 1.53. The van der Waals surface area contributed by atoms with Gasteiger partial charge in [0.2, 0.25) is 11.7 Å². The summed E-state index contributed by atoms with van der Waals surface area (Å²) in [6.45, 7) is 3.85. The standard InChI is InChI=1S/C17H20ClN3O3/c18-14-4-2-1-3-13(14)16-19-15(24-20-16)8-21-7-12-5-6-23-11-17(12,9-21)10-22/h1-4,12,22H,5-11H2/t12-,17+/m0/s1. The van der Waals surface area contributed by atoms with Crippen LogP contribution in [-0.2, 0) is 11.3 Å². The molecule has 6 nitrogen and oxygen atoms in total. The largest absolute Gasteiger partial charge is 0.396 e. The molecule has 128 valence electrons. The van der Waals surface area contributed by atoms with Gasteiger partial charge in [-0.1, -0.05) is 28.9 Å². The Hall–Kier alpha value is -1.47. The number of aromatic nitrogens is 2. The molecule has 7 heteroatoms. The Kier molecular flexibility index (Phi) is 4.30. The molecule has 2 aliphatic rings. The molecule has 0 aliphatic carbocycles. The van der Waals surface area contributed by atoms with E-state index in [1.807, 2.05) is 24.3 Å². The smallest absolute Gasteiger partial charge is 0.241 e. The number of benzene rings is 1. The first-order chi connectivity index (χ1) is 11.7. The highest BCUT2D eigenvalue weighted by atomic mass is 35.5. The van der Waals surface area contributed by atoms with E-state index in [2.05, 4.69) is 15.0 Å². The highest BCUT2D eigenvalue weighted by molar-refractivity contribution is 6.33. The van der Waals surface area contributed by atoms with Crippen molar-refractivity contribution in [2.45, 2.75) is 13.0 Å². The minimum Gasteiger partial charge on any atom is -0.396 e. The van der Waals surface area contributed by atoms with Crippen LogP contribution in [-0.4, -0.2) is 53.1 Å². The second-order valence-electron chi connectivity index (χ2n) is 6.72. The summed E-state index contributed by atoms with van der Waals surface area (Å²) in [6.07, 6.45) is 0.992. The Balaban J connectivity index is 1.48. The number of aliphatic hydroxyl groups excluding tert-OH is 1. The molecule has 4 rings (SSSR count). The van der Waals surface area contributed by atoms with Crippen LogP contribution < -0.4 is 0 Å². The van der Waals surface area contributed by atoms with Crippen molar-refractivity contribution in [2.24, 2.45) is 11.3 Å².